The molecular formula is C18H22N2O3S2. The topological polar surface area (TPSA) is 75.3 Å². The fourth-order valence-corrected chi connectivity index (χ4v) is 5.47. The molecule has 1 aliphatic rings. The molecular weight excluding hydrogens is 356 g/mol. The van der Waals surface area contributed by atoms with Crippen molar-refractivity contribution in [1.29, 1.82) is 0 Å². The van der Waals surface area contributed by atoms with Gasteiger partial charge in [0.1, 0.15) is 4.21 Å². The van der Waals surface area contributed by atoms with Gasteiger partial charge in [-0.05, 0) is 56.5 Å². The van der Waals surface area contributed by atoms with Crippen molar-refractivity contribution in [2.24, 2.45) is 0 Å². The molecule has 134 valence electrons. The number of aryl methyl sites for hydroxylation is 1. The second-order valence-electron chi connectivity index (χ2n) is 6.45. The Morgan fingerprint density at radius 1 is 1.24 bits per heavy atom. The van der Waals surface area contributed by atoms with Gasteiger partial charge in [-0.25, -0.2) is 13.1 Å². The van der Waals surface area contributed by atoms with Crippen LogP contribution in [0.1, 0.15) is 35.8 Å². The first-order chi connectivity index (χ1) is 11.9. The van der Waals surface area contributed by atoms with Crippen LogP contribution in [0, 0.1) is 0 Å². The first-order valence-corrected chi connectivity index (χ1v) is 10.6. The highest BCUT2D eigenvalue weighted by Gasteiger charge is 2.38. The summed E-state index contributed by atoms with van der Waals surface area (Å²) in [6, 6.07) is 11.4. The molecule has 1 aromatic heterocycles. The summed E-state index contributed by atoms with van der Waals surface area (Å²) in [6.07, 6.45) is 2.82. The van der Waals surface area contributed by atoms with E-state index in [0.29, 0.717) is 6.54 Å². The molecule has 25 heavy (non-hydrogen) atoms. The van der Waals surface area contributed by atoms with Crippen molar-refractivity contribution >= 4 is 27.3 Å². The molecule has 1 unspecified atom stereocenters. The van der Waals surface area contributed by atoms with E-state index in [-0.39, 0.29) is 10.1 Å². The minimum Gasteiger partial charge on any atom is -0.350 e. The van der Waals surface area contributed by atoms with E-state index in [9.17, 15) is 13.2 Å². The van der Waals surface area contributed by atoms with Crippen LogP contribution in [0.3, 0.4) is 0 Å². The van der Waals surface area contributed by atoms with Crippen molar-refractivity contribution in [2.45, 2.75) is 42.4 Å². The number of benzene rings is 1. The van der Waals surface area contributed by atoms with Gasteiger partial charge in [-0.1, -0.05) is 24.3 Å². The molecule has 1 heterocycles. The minimum absolute atomic E-state index is 0.00827. The normalized spacial score (nSPS) is 20.1. The maximum absolute atomic E-state index is 12.9. The van der Waals surface area contributed by atoms with Crippen LogP contribution < -0.4 is 10.0 Å². The van der Waals surface area contributed by atoms with Crippen molar-refractivity contribution in [3.63, 3.8) is 0 Å². The fourth-order valence-electron chi connectivity index (χ4n) is 3.34. The third-order valence-corrected chi connectivity index (χ3v) is 7.82. The lowest BCUT2D eigenvalue weighted by Gasteiger charge is -2.34. The lowest BCUT2D eigenvalue weighted by Crippen LogP contribution is -2.44. The molecule has 5 nitrogen and oxygen atoms in total. The summed E-state index contributed by atoms with van der Waals surface area (Å²) in [5.74, 6) is -0.00827. The Bertz CT molecular complexity index is 889. The Kier molecular flexibility index (Phi) is 4.99. The SMILES string of the molecule is CNS(=O)(=O)c1ccc(CNC(=O)C2(C)CCCc3ccccc32)s1. The number of hydrogen-bond donors (Lipinski definition) is 2. The number of carbonyl (C=O) groups is 1. The van der Waals surface area contributed by atoms with E-state index >= 15 is 0 Å². The van der Waals surface area contributed by atoms with E-state index < -0.39 is 15.4 Å². The van der Waals surface area contributed by atoms with Crippen molar-refractivity contribution in [3.8, 4) is 0 Å². The van der Waals surface area contributed by atoms with Crippen LogP contribution in [0.5, 0.6) is 0 Å². The summed E-state index contributed by atoms with van der Waals surface area (Å²) in [5, 5.41) is 2.99. The zero-order valence-corrected chi connectivity index (χ0v) is 16.0. The number of hydrogen-bond acceptors (Lipinski definition) is 4. The van der Waals surface area contributed by atoms with Crippen LogP contribution in [0.25, 0.3) is 0 Å². The first kappa shape index (κ1) is 18.1. The predicted molar refractivity (Wildman–Crippen MR) is 99.1 cm³/mol. The maximum atomic E-state index is 12.9. The fraction of sp³-hybridized carbons (Fsp3) is 0.389. The third-order valence-electron chi connectivity index (χ3n) is 4.83. The molecule has 0 saturated heterocycles. The van der Waals surface area contributed by atoms with Gasteiger partial charge in [0.15, 0.2) is 0 Å². The molecule has 1 amide bonds. The summed E-state index contributed by atoms with van der Waals surface area (Å²) in [7, 11) is -2.05. The molecule has 1 atom stereocenters. The Balaban J connectivity index is 1.74. The second-order valence-corrected chi connectivity index (χ2v) is 9.74. The number of amides is 1. The highest BCUT2D eigenvalue weighted by atomic mass is 32.2. The summed E-state index contributed by atoms with van der Waals surface area (Å²) in [5.41, 5.74) is 1.81. The van der Waals surface area contributed by atoms with E-state index in [2.05, 4.69) is 16.1 Å². The molecule has 1 aliphatic carbocycles. The van der Waals surface area contributed by atoms with Crippen LogP contribution in [0.15, 0.2) is 40.6 Å². The minimum atomic E-state index is -3.43. The van der Waals surface area contributed by atoms with Crippen LogP contribution in [-0.4, -0.2) is 21.4 Å². The summed E-state index contributed by atoms with van der Waals surface area (Å²) < 4.78 is 26.2. The van der Waals surface area contributed by atoms with E-state index in [4.69, 9.17) is 0 Å². The molecule has 7 heteroatoms. The average Bonchev–Trinajstić information content (AvgIpc) is 3.10. The van der Waals surface area contributed by atoms with E-state index in [0.717, 1.165) is 29.7 Å². The Hall–Kier alpha value is -1.70. The van der Waals surface area contributed by atoms with Gasteiger partial charge in [0.2, 0.25) is 15.9 Å². The molecule has 0 bridgehead atoms. The maximum Gasteiger partial charge on any atom is 0.249 e. The van der Waals surface area contributed by atoms with E-state index in [1.165, 1.54) is 23.9 Å². The van der Waals surface area contributed by atoms with Gasteiger partial charge in [0.25, 0.3) is 0 Å². The lowest BCUT2D eigenvalue weighted by molar-refractivity contribution is -0.126. The molecule has 1 aromatic carbocycles. The Morgan fingerprint density at radius 3 is 2.76 bits per heavy atom. The smallest absolute Gasteiger partial charge is 0.249 e. The Labute approximate surface area is 152 Å². The van der Waals surface area contributed by atoms with Gasteiger partial charge in [0, 0.05) is 4.88 Å². The van der Waals surface area contributed by atoms with Gasteiger partial charge in [-0.3, -0.25) is 4.79 Å². The highest BCUT2D eigenvalue weighted by Crippen LogP contribution is 2.37. The highest BCUT2D eigenvalue weighted by molar-refractivity contribution is 7.91. The van der Waals surface area contributed by atoms with Crippen LogP contribution >= 0.6 is 11.3 Å². The molecule has 0 radical (unpaired) electrons. The molecule has 0 saturated carbocycles. The lowest BCUT2D eigenvalue weighted by atomic mass is 9.70. The van der Waals surface area contributed by atoms with Gasteiger partial charge >= 0.3 is 0 Å². The van der Waals surface area contributed by atoms with Crippen molar-refractivity contribution < 1.29 is 13.2 Å². The van der Waals surface area contributed by atoms with E-state index in [1.54, 1.807) is 12.1 Å². The molecule has 0 fully saturated rings. The van der Waals surface area contributed by atoms with Crippen molar-refractivity contribution in [1.82, 2.24) is 10.0 Å². The van der Waals surface area contributed by atoms with Crippen molar-refractivity contribution in [2.75, 3.05) is 7.05 Å². The van der Waals surface area contributed by atoms with Crippen molar-refractivity contribution in [3.05, 3.63) is 52.4 Å². The van der Waals surface area contributed by atoms with Gasteiger partial charge in [-0.15, -0.1) is 11.3 Å². The number of nitrogens with one attached hydrogen (secondary N) is 2. The summed E-state index contributed by atoms with van der Waals surface area (Å²) >= 11 is 1.17. The zero-order valence-electron chi connectivity index (χ0n) is 14.3. The van der Waals surface area contributed by atoms with Crippen LogP contribution in [0.4, 0.5) is 0 Å². The zero-order chi connectivity index (χ0) is 18.1. The first-order valence-electron chi connectivity index (χ1n) is 8.26. The molecule has 3 rings (SSSR count). The molecule has 0 spiro atoms. The molecule has 0 aliphatic heterocycles. The predicted octanol–water partition coefficient (Wildman–Crippen LogP) is 2.57. The standard InChI is InChI=1S/C18H22N2O3S2/c1-18(11-5-7-13-6-3-4-8-15(13)18)17(21)20-12-14-9-10-16(24-14)25(22,23)19-2/h3-4,6,8-10,19H,5,7,11-12H2,1-2H3,(H,20,21). The quantitative estimate of drug-likeness (QED) is 0.840. The third kappa shape index (κ3) is 3.49. The number of rotatable bonds is 5. The number of fused-ring (bicyclic) bond motifs is 1. The van der Waals surface area contributed by atoms with Gasteiger partial charge in [-0.2, -0.15) is 0 Å². The van der Waals surface area contributed by atoms with Gasteiger partial charge in [0.05, 0.1) is 12.0 Å². The Morgan fingerprint density at radius 2 is 2.00 bits per heavy atom. The summed E-state index contributed by atoms with van der Waals surface area (Å²) in [6.45, 7) is 2.33. The van der Waals surface area contributed by atoms with E-state index in [1.807, 2.05) is 25.1 Å². The number of thiophene rings is 1. The average molecular weight is 379 g/mol. The number of sulfonamides is 1. The van der Waals surface area contributed by atoms with Gasteiger partial charge < -0.3 is 5.32 Å². The number of carbonyl (C=O) groups excluding carboxylic acids is 1. The monoisotopic (exact) mass is 378 g/mol. The molecule has 2 aromatic rings. The largest absolute Gasteiger partial charge is 0.350 e. The summed E-state index contributed by atoms with van der Waals surface area (Å²) in [4.78, 5) is 13.7. The van der Waals surface area contributed by atoms with Crippen LogP contribution in [0.2, 0.25) is 0 Å². The van der Waals surface area contributed by atoms with Crippen LogP contribution in [-0.2, 0) is 33.2 Å². The molecule has 2 N–H and O–H groups in total. The second kappa shape index (κ2) is 6.90.